The number of hydrogen-bond donors (Lipinski definition) is 2. The van der Waals surface area contributed by atoms with Gasteiger partial charge in [0.15, 0.2) is 0 Å². The highest BCUT2D eigenvalue weighted by Gasteiger charge is 2.14. The van der Waals surface area contributed by atoms with E-state index in [9.17, 15) is 0 Å². The van der Waals surface area contributed by atoms with Crippen LogP contribution < -0.4 is 10.2 Å². The summed E-state index contributed by atoms with van der Waals surface area (Å²) < 4.78 is 0. The molecule has 1 aromatic rings. The van der Waals surface area contributed by atoms with Crippen molar-refractivity contribution in [1.82, 2.24) is 9.97 Å². The Balaban J connectivity index is 3.06. The van der Waals surface area contributed by atoms with E-state index in [4.69, 9.17) is 5.11 Å². The van der Waals surface area contributed by atoms with Gasteiger partial charge in [-0.1, -0.05) is 0 Å². The summed E-state index contributed by atoms with van der Waals surface area (Å²) in [5.74, 6) is 1.48. The van der Waals surface area contributed by atoms with Gasteiger partial charge in [0.1, 0.15) is 5.82 Å². The van der Waals surface area contributed by atoms with Crippen LogP contribution in [-0.2, 0) is 0 Å². The van der Waals surface area contributed by atoms with Crippen molar-refractivity contribution in [3.05, 3.63) is 11.8 Å². The molecule has 0 aliphatic carbocycles. The number of nitrogens with zero attached hydrogens (tertiary/aromatic N) is 3. The minimum atomic E-state index is 0.122. The van der Waals surface area contributed by atoms with Gasteiger partial charge in [-0.15, -0.1) is 0 Å². The zero-order chi connectivity index (χ0) is 12.1. The first-order chi connectivity index (χ1) is 7.60. The molecule has 0 atom stereocenters. The summed E-state index contributed by atoms with van der Waals surface area (Å²) >= 11 is 0. The lowest BCUT2D eigenvalue weighted by Crippen LogP contribution is -2.34. The predicted octanol–water partition coefficient (Wildman–Crippen LogP) is 1.03. The minimum Gasteiger partial charge on any atom is -0.395 e. The first kappa shape index (κ1) is 12.7. The van der Waals surface area contributed by atoms with E-state index in [1.807, 2.05) is 6.92 Å². The highest BCUT2D eigenvalue weighted by molar-refractivity contribution is 5.49. The molecule has 0 aliphatic rings. The molecule has 0 aromatic carbocycles. The highest BCUT2D eigenvalue weighted by atomic mass is 16.3. The maximum Gasteiger partial charge on any atom is 0.224 e. The fourth-order valence-electron chi connectivity index (χ4n) is 1.56. The summed E-state index contributed by atoms with van der Waals surface area (Å²) in [4.78, 5) is 10.6. The van der Waals surface area contributed by atoms with Crippen molar-refractivity contribution in [3.8, 4) is 0 Å². The second kappa shape index (κ2) is 5.65. The number of hydrogen-bond acceptors (Lipinski definition) is 5. The average Bonchev–Trinajstić information content (AvgIpc) is 2.27. The van der Waals surface area contributed by atoms with Gasteiger partial charge in [-0.2, -0.15) is 4.98 Å². The number of nitrogens with one attached hydrogen (secondary N) is 1. The van der Waals surface area contributed by atoms with E-state index in [1.54, 1.807) is 13.2 Å². The number of aliphatic hydroxyl groups excluding tert-OH is 1. The largest absolute Gasteiger partial charge is 0.395 e. The highest BCUT2D eigenvalue weighted by Crippen LogP contribution is 2.19. The predicted molar refractivity (Wildman–Crippen MR) is 65.9 cm³/mol. The van der Waals surface area contributed by atoms with E-state index < -0.39 is 0 Å². The lowest BCUT2D eigenvalue weighted by Gasteiger charge is -2.28. The van der Waals surface area contributed by atoms with Crippen molar-refractivity contribution in [2.45, 2.75) is 26.8 Å². The Morgan fingerprint density at radius 2 is 2.19 bits per heavy atom. The molecule has 0 saturated carbocycles. The Labute approximate surface area is 96.5 Å². The van der Waals surface area contributed by atoms with E-state index in [0.29, 0.717) is 18.5 Å². The van der Waals surface area contributed by atoms with Gasteiger partial charge in [0, 0.05) is 31.4 Å². The molecule has 0 saturated heterocycles. The van der Waals surface area contributed by atoms with Crippen LogP contribution >= 0.6 is 0 Å². The molecule has 1 aromatic heterocycles. The summed E-state index contributed by atoms with van der Waals surface area (Å²) in [6.07, 6.45) is 1.79. The summed E-state index contributed by atoms with van der Waals surface area (Å²) in [6, 6.07) is 0.297. The molecule has 90 valence electrons. The van der Waals surface area contributed by atoms with Gasteiger partial charge in [0.25, 0.3) is 0 Å². The van der Waals surface area contributed by atoms with Crippen molar-refractivity contribution < 1.29 is 5.11 Å². The lowest BCUT2D eigenvalue weighted by atomic mass is 10.2. The molecule has 2 N–H and O–H groups in total. The molecular weight excluding hydrogens is 204 g/mol. The quantitative estimate of drug-likeness (QED) is 0.782. The smallest absolute Gasteiger partial charge is 0.224 e. The Hall–Kier alpha value is -1.36. The molecule has 0 amide bonds. The molecule has 0 bridgehead atoms. The van der Waals surface area contributed by atoms with E-state index in [-0.39, 0.29) is 6.61 Å². The van der Waals surface area contributed by atoms with Gasteiger partial charge in [0.2, 0.25) is 5.95 Å². The minimum absolute atomic E-state index is 0.122. The summed E-state index contributed by atoms with van der Waals surface area (Å²) in [6.45, 7) is 6.84. The number of aliphatic hydroxyl groups is 1. The van der Waals surface area contributed by atoms with Crippen molar-refractivity contribution in [1.29, 1.82) is 0 Å². The molecule has 16 heavy (non-hydrogen) atoms. The summed E-state index contributed by atoms with van der Waals surface area (Å²) in [5.41, 5.74) is 1.01. The standard InChI is InChI=1S/C11H20N4O/c1-8(2)15(5-6-16)10-9(3)7-13-11(12-4)14-10/h7-8,16H,5-6H2,1-4H3,(H,12,13,14). The van der Waals surface area contributed by atoms with Crippen molar-refractivity contribution >= 4 is 11.8 Å². The van der Waals surface area contributed by atoms with Crippen LogP contribution in [0.3, 0.4) is 0 Å². The number of rotatable bonds is 5. The van der Waals surface area contributed by atoms with Gasteiger partial charge in [-0.05, 0) is 20.8 Å². The Morgan fingerprint density at radius 3 is 2.69 bits per heavy atom. The molecule has 1 rings (SSSR count). The van der Waals surface area contributed by atoms with Crippen molar-refractivity contribution in [2.24, 2.45) is 0 Å². The molecule has 5 nitrogen and oxygen atoms in total. The SMILES string of the molecule is CNc1ncc(C)c(N(CCO)C(C)C)n1. The maximum atomic E-state index is 9.06. The van der Waals surface area contributed by atoms with Crippen LogP contribution in [0, 0.1) is 6.92 Å². The zero-order valence-corrected chi connectivity index (χ0v) is 10.4. The van der Waals surface area contributed by atoms with Crippen molar-refractivity contribution in [2.75, 3.05) is 30.4 Å². The molecule has 0 radical (unpaired) electrons. The monoisotopic (exact) mass is 224 g/mol. The Morgan fingerprint density at radius 1 is 1.50 bits per heavy atom. The number of aryl methyl sites for hydroxylation is 1. The molecule has 1 heterocycles. The second-order valence-corrected chi connectivity index (χ2v) is 3.96. The van der Waals surface area contributed by atoms with Crippen LogP contribution in [0.25, 0.3) is 0 Å². The summed E-state index contributed by atoms with van der Waals surface area (Å²) in [7, 11) is 1.79. The number of aromatic nitrogens is 2. The maximum absolute atomic E-state index is 9.06. The van der Waals surface area contributed by atoms with Gasteiger partial charge in [0.05, 0.1) is 6.61 Å². The number of anilines is 2. The van der Waals surface area contributed by atoms with Crippen LogP contribution in [0.2, 0.25) is 0 Å². The van der Waals surface area contributed by atoms with Crippen LogP contribution in [0.15, 0.2) is 6.20 Å². The third-order valence-electron chi connectivity index (χ3n) is 2.40. The van der Waals surface area contributed by atoms with Crippen LogP contribution in [0.1, 0.15) is 19.4 Å². The molecular formula is C11H20N4O. The topological polar surface area (TPSA) is 61.3 Å². The third-order valence-corrected chi connectivity index (χ3v) is 2.40. The summed E-state index contributed by atoms with van der Waals surface area (Å²) in [5, 5.41) is 12.0. The third kappa shape index (κ3) is 2.82. The van der Waals surface area contributed by atoms with Crippen molar-refractivity contribution in [3.63, 3.8) is 0 Å². The fourth-order valence-corrected chi connectivity index (χ4v) is 1.56. The Bertz CT molecular complexity index is 341. The Kier molecular flexibility index (Phi) is 4.49. The molecule has 0 aliphatic heterocycles. The van der Waals surface area contributed by atoms with Crippen LogP contribution in [0.5, 0.6) is 0 Å². The first-order valence-corrected chi connectivity index (χ1v) is 5.49. The van der Waals surface area contributed by atoms with Crippen LogP contribution in [-0.4, -0.2) is 41.3 Å². The second-order valence-electron chi connectivity index (χ2n) is 3.96. The van der Waals surface area contributed by atoms with Gasteiger partial charge in [-0.25, -0.2) is 4.98 Å². The fraction of sp³-hybridized carbons (Fsp3) is 0.636. The van der Waals surface area contributed by atoms with Gasteiger partial charge >= 0.3 is 0 Å². The van der Waals surface area contributed by atoms with E-state index >= 15 is 0 Å². The molecule has 0 fully saturated rings. The van der Waals surface area contributed by atoms with E-state index in [0.717, 1.165) is 11.4 Å². The molecule has 5 heteroatoms. The van der Waals surface area contributed by atoms with Crippen LogP contribution in [0.4, 0.5) is 11.8 Å². The van der Waals surface area contributed by atoms with Gasteiger partial charge in [-0.3, -0.25) is 0 Å². The van der Waals surface area contributed by atoms with E-state index in [2.05, 4.69) is 34.0 Å². The molecule has 0 spiro atoms. The lowest BCUT2D eigenvalue weighted by molar-refractivity contribution is 0.298. The first-order valence-electron chi connectivity index (χ1n) is 5.49. The normalized spacial score (nSPS) is 10.6. The average molecular weight is 224 g/mol. The molecule has 0 unspecified atom stereocenters. The van der Waals surface area contributed by atoms with Gasteiger partial charge < -0.3 is 15.3 Å². The van der Waals surface area contributed by atoms with E-state index in [1.165, 1.54) is 0 Å². The zero-order valence-electron chi connectivity index (χ0n) is 10.4.